The molecule has 0 aromatic heterocycles. The van der Waals surface area contributed by atoms with Crippen molar-refractivity contribution < 1.29 is 92.6 Å². The first-order valence-corrected chi connectivity index (χ1v) is 33.0. The minimum absolute atomic E-state index is 0.0842. The van der Waals surface area contributed by atoms with Crippen LogP contribution in [0.3, 0.4) is 0 Å². The van der Waals surface area contributed by atoms with E-state index < -0.39 is 52.3 Å². The third-order valence-corrected chi connectivity index (χ3v) is 17.2. The molecule has 4 aliphatic rings. The second kappa shape index (κ2) is 28.8. The fourth-order valence-electron chi connectivity index (χ4n) is 12.2. The van der Waals surface area contributed by atoms with Crippen LogP contribution < -0.4 is 33.2 Å². The summed E-state index contributed by atoms with van der Waals surface area (Å²) in [5.74, 6) is -6.84. The largest absolute Gasteiger partial charge is 0.608 e. The summed E-state index contributed by atoms with van der Waals surface area (Å²) in [5.41, 5.74) is 14.6. The van der Waals surface area contributed by atoms with Gasteiger partial charge in [-0.1, -0.05) is 162 Å². The molecule has 0 fully saturated rings. The second-order valence-electron chi connectivity index (χ2n) is 29.8. The van der Waals surface area contributed by atoms with Crippen LogP contribution in [0.4, 0.5) is 63.9 Å². The number of methoxy groups -OCH3 is 3. The molecule has 0 aliphatic carbocycles. The lowest BCUT2D eigenvalue weighted by Crippen LogP contribution is -2.17. The summed E-state index contributed by atoms with van der Waals surface area (Å²) < 4.78 is 112. The van der Waals surface area contributed by atoms with Gasteiger partial charge >= 0.3 is 24.4 Å². The first kappa shape index (κ1) is 75.6. The smallest absolute Gasteiger partial charge is 0.493 e. The van der Waals surface area contributed by atoms with Crippen molar-refractivity contribution in [2.75, 3.05) is 21.3 Å². The first-order chi connectivity index (χ1) is 47.6. The number of nitrogens with zero attached hydrogens (tertiary/aromatic N) is 4. The number of halogens is 5. The number of carbonyl (C=O) groups is 4. The van der Waals surface area contributed by atoms with Gasteiger partial charge in [-0.25, -0.2) is 22.0 Å². The van der Waals surface area contributed by atoms with E-state index in [9.17, 15) is 41.1 Å². The molecule has 12 rings (SSSR count). The van der Waals surface area contributed by atoms with Gasteiger partial charge in [-0.05, 0) is 128 Å². The predicted molar refractivity (Wildman–Crippen MR) is 383 cm³/mol. The van der Waals surface area contributed by atoms with Crippen molar-refractivity contribution in [3.05, 3.63) is 216 Å². The van der Waals surface area contributed by atoms with Crippen LogP contribution >= 0.6 is 0 Å². The molecule has 532 valence electrons. The fourth-order valence-corrected chi connectivity index (χ4v) is 12.2. The molecule has 0 unspecified atom stereocenters. The van der Waals surface area contributed by atoms with Gasteiger partial charge in [-0.3, -0.25) is 0 Å². The fraction of sp³-hybridized carbons (Fsp3) is 0.317. The molecule has 0 saturated heterocycles. The lowest BCUT2D eigenvalue weighted by Gasteiger charge is -2.20. The Morgan fingerprint density at radius 2 is 0.608 bits per heavy atom. The highest BCUT2D eigenvalue weighted by atomic mass is 19.2. The molecule has 4 aliphatic heterocycles. The number of ether oxygens (including phenoxy) is 7. The average molecular weight is 1400 g/mol. The van der Waals surface area contributed by atoms with E-state index in [1.807, 2.05) is 95.6 Å². The highest BCUT2D eigenvalue weighted by molar-refractivity contribution is 5.91. The Morgan fingerprint density at radius 3 is 0.902 bits per heavy atom. The van der Waals surface area contributed by atoms with E-state index in [2.05, 4.69) is 120 Å². The van der Waals surface area contributed by atoms with Gasteiger partial charge in [-0.2, -0.15) is 19.2 Å². The van der Waals surface area contributed by atoms with Crippen LogP contribution in [0, 0.1) is 77.6 Å². The van der Waals surface area contributed by atoms with Crippen LogP contribution in [-0.2, 0) is 21.7 Å². The molecule has 0 atom stereocenters. The van der Waals surface area contributed by atoms with Crippen molar-refractivity contribution in [3.8, 4) is 40.2 Å². The maximum Gasteiger partial charge on any atom is 0.608 e. The lowest BCUT2D eigenvalue weighted by molar-refractivity contribution is -0.328. The minimum atomic E-state index is -2.27. The molecule has 8 aromatic rings. The van der Waals surface area contributed by atoms with Crippen LogP contribution in [0.5, 0.6) is 40.2 Å². The molecule has 4 amide bonds. The van der Waals surface area contributed by atoms with Crippen molar-refractivity contribution >= 4 is 72.0 Å². The van der Waals surface area contributed by atoms with E-state index in [1.54, 1.807) is 61.8 Å². The molecule has 0 saturated carbocycles. The van der Waals surface area contributed by atoms with E-state index >= 15 is 0 Å². The Balaban J connectivity index is 0.000000159. The number of benzene rings is 8. The molecule has 20 heteroatoms. The SMILES string of the molecule is COc1cc(/C=[N+]2/C(=O)Oc3c2cc(C)cc3C(C)(C)C)cc(OC)c1OC.Cc1cc(C)c(/C=[N+]2/C(=O)Oc3c2cc(C)cc3C(C)(C)C)c(C)c1.Cc1cc2c(c(C(C)(C)C)c1)OC(=O)/[N+]2=C/c1c(F)c(F)c(F)c(F)c1F.Cc1cc2c(c(C(C)(C)C)c1)OC(=O)/[N+]2=C/c1ccccc1. The van der Waals surface area contributed by atoms with Gasteiger partial charge in [-0.15, -0.1) is 0 Å². The molecule has 4 heterocycles. The van der Waals surface area contributed by atoms with Crippen molar-refractivity contribution in [2.45, 2.75) is 153 Å². The first-order valence-electron chi connectivity index (χ1n) is 33.0. The maximum absolute atomic E-state index is 14.0. The summed E-state index contributed by atoms with van der Waals surface area (Å²) >= 11 is 0. The molecule has 102 heavy (non-hydrogen) atoms. The number of hydrogen-bond acceptors (Lipinski definition) is 11. The highest BCUT2D eigenvalue weighted by Crippen LogP contribution is 2.48. The summed E-state index contributed by atoms with van der Waals surface area (Å²) in [7, 11) is 4.66. The van der Waals surface area contributed by atoms with Crippen LogP contribution in [-0.4, -0.2) is 88.9 Å². The van der Waals surface area contributed by atoms with E-state index in [0.717, 1.165) is 88.4 Å². The Kier molecular flexibility index (Phi) is 21.3. The third-order valence-electron chi connectivity index (χ3n) is 17.2. The molecule has 0 radical (unpaired) electrons. The maximum atomic E-state index is 14.0. The van der Waals surface area contributed by atoms with Crippen LogP contribution in [0.25, 0.3) is 0 Å². The molecular formula is C82H87F5N4O11+4. The van der Waals surface area contributed by atoms with Gasteiger partial charge in [0.15, 0.2) is 59.6 Å². The molecular weight excluding hydrogens is 1310 g/mol. The second-order valence-corrected chi connectivity index (χ2v) is 29.8. The number of rotatable bonds is 7. The van der Waals surface area contributed by atoms with Crippen LogP contribution in [0.15, 0.2) is 103 Å². The number of carbonyl (C=O) groups excluding carboxylic acids is 4. The Morgan fingerprint density at radius 1 is 0.333 bits per heavy atom. The number of aryl methyl sites for hydroxylation is 7. The van der Waals surface area contributed by atoms with Crippen molar-refractivity contribution in [1.29, 1.82) is 0 Å². The summed E-state index contributed by atoms with van der Waals surface area (Å²) in [5, 5.41) is 0. The zero-order valence-electron chi connectivity index (χ0n) is 61.8. The van der Waals surface area contributed by atoms with E-state index in [1.165, 1.54) is 16.2 Å². The van der Waals surface area contributed by atoms with Crippen LogP contribution in [0.1, 0.15) is 167 Å². The quantitative estimate of drug-likeness (QED) is 0.0651. The zero-order chi connectivity index (χ0) is 75.3. The average Bonchev–Trinajstić information content (AvgIpc) is 1.60. The van der Waals surface area contributed by atoms with E-state index in [-0.39, 0.29) is 39.9 Å². The van der Waals surface area contributed by atoms with Crippen molar-refractivity contribution in [1.82, 2.24) is 0 Å². The van der Waals surface area contributed by atoms with E-state index in [4.69, 9.17) is 33.2 Å². The summed E-state index contributed by atoms with van der Waals surface area (Å²) in [4.78, 5) is 49.8. The Labute approximate surface area is 592 Å². The normalized spacial score (nSPS) is 15.3. The summed E-state index contributed by atoms with van der Waals surface area (Å²) in [6.45, 7) is 38.8. The van der Waals surface area contributed by atoms with Crippen molar-refractivity contribution in [2.24, 2.45) is 0 Å². The van der Waals surface area contributed by atoms with E-state index in [0.29, 0.717) is 46.3 Å². The molecule has 15 nitrogen and oxygen atoms in total. The van der Waals surface area contributed by atoms with Crippen molar-refractivity contribution in [3.63, 3.8) is 0 Å². The lowest BCUT2D eigenvalue weighted by atomic mass is 9.85. The summed E-state index contributed by atoms with van der Waals surface area (Å²) in [6.07, 6.45) is 3.84. The number of fused-ring (bicyclic) bond motifs is 4. The third kappa shape index (κ3) is 15.6. The predicted octanol–water partition coefficient (Wildman–Crippen LogP) is 19.9. The Hall–Kier alpha value is -10.6. The topological polar surface area (TPSA) is 145 Å². The van der Waals surface area contributed by atoms with Gasteiger partial charge in [0.2, 0.25) is 34.6 Å². The van der Waals surface area contributed by atoms with Crippen LogP contribution in [0.2, 0.25) is 0 Å². The number of amides is 4. The van der Waals surface area contributed by atoms with Gasteiger partial charge in [0.25, 0.3) is 22.7 Å². The monoisotopic (exact) mass is 1400 g/mol. The van der Waals surface area contributed by atoms with Gasteiger partial charge in [0, 0.05) is 63.2 Å². The molecule has 0 bridgehead atoms. The minimum Gasteiger partial charge on any atom is -0.493 e. The summed E-state index contributed by atoms with van der Waals surface area (Å²) in [6, 6.07) is 33.2. The van der Waals surface area contributed by atoms with Gasteiger partial charge < -0.3 is 33.2 Å². The standard InChI is InChI=1S/C22H26NO5.C22H26NO2.C19H15F5NO2.C19H20NO2/c1-13-8-15(22(2,3)4)19-16(9-13)23(21(24)28-19)12-14-10-17(25-5)20(27-7)18(11-14)26-6;1-13-8-15(3)17(16(4)9-13)12-23-19-11-14(2)10-18(22(5,6)7)20(19)25-21(23)24;1-8-5-10(19(2,3)4)17-11(6-8)25(18(26)27-17)7-9-12(20)14(22)16(24)15(23)13(9)21;1-13-10-15(19(2,3)4)17-16(11-13)20(18(21)22-17)12-14-8-6-5-7-9-14/h8-12H,1-7H3;8-12H,1-7H3;5-7H,1-4H3;5-12H,1-4H3/q4*+1/b2*23-12+;25-7+;20-12+. The zero-order valence-corrected chi connectivity index (χ0v) is 61.8. The molecule has 8 aromatic carbocycles. The molecule has 0 N–H and O–H groups in total. The molecule has 0 spiro atoms. The highest BCUT2D eigenvalue weighted by Gasteiger charge is 2.46. The van der Waals surface area contributed by atoms with Gasteiger partial charge in [0.1, 0.15) is 5.56 Å². The number of hydrogen-bond donors (Lipinski definition) is 0. The van der Waals surface area contributed by atoms with Gasteiger partial charge in [0.05, 0.1) is 21.3 Å². The Bertz CT molecular complexity index is 4830.